The standard InChI is InChI=1S/C12H13NO3/c1-13-11(14)7-6-9-4-3-5-10(8-9)12(15)16-2/h3-8H,1-2H3,(H,13,14). The van der Waals surface area contributed by atoms with Crippen LogP contribution in [0.2, 0.25) is 0 Å². The van der Waals surface area contributed by atoms with Crippen LogP contribution in [0.3, 0.4) is 0 Å². The highest BCUT2D eigenvalue weighted by molar-refractivity contribution is 5.93. The SMILES string of the molecule is CNC(=O)C=Cc1cccc(C(=O)OC)c1. The second-order valence-corrected chi connectivity index (χ2v) is 3.06. The maximum absolute atomic E-state index is 11.2. The van der Waals surface area contributed by atoms with Crippen LogP contribution >= 0.6 is 0 Å². The van der Waals surface area contributed by atoms with Gasteiger partial charge in [0.1, 0.15) is 0 Å². The molecule has 0 saturated heterocycles. The molecule has 0 aliphatic rings. The van der Waals surface area contributed by atoms with E-state index in [0.29, 0.717) is 5.56 Å². The molecule has 0 heterocycles. The van der Waals surface area contributed by atoms with Crippen molar-refractivity contribution in [2.75, 3.05) is 14.2 Å². The summed E-state index contributed by atoms with van der Waals surface area (Å²) in [4.78, 5) is 22.2. The average Bonchev–Trinajstić information content (AvgIpc) is 2.35. The first-order chi connectivity index (χ1) is 7.67. The molecule has 4 nitrogen and oxygen atoms in total. The molecule has 16 heavy (non-hydrogen) atoms. The summed E-state index contributed by atoms with van der Waals surface area (Å²) < 4.78 is 4.60. The molecule has 84 valence electrons. The Morgan fingerprint density at radius 1 is 1.38 bits per heavy atom. The first-order valence-corrected chi connectivity index (χ1v) is 4.75. The third-order valence-corrected chi connectivity index (χ3v) is 1.98. The molecule has 1 amide bonds. The second kappa shape index (κ2) is 5.70. The Balaban J connectivity index is 2.86. The predicted octanol–water partition coefficient (Wildman–Crippen LogP) is 1.23. The van der Waals surface area contributed by atoms with E-state index in [1.165, 1.54) is 13.2 Å². The fourth-order valence-electron chi connectivity index (χ4n) is 1.14. The first kappa shape index (κ1) is 12.0. The number of carbonyl (C=O) groups excluding carboxylic acids is 2. The molecule has 1 N–H and O–H groups in total. The van der Waals surface area contributed by atoms with Gasteiger partial charge in [-0.2, -0.15) is 0 Å². The Kier molecular flexibility index (Phi) is 4.27. The van der Waals surface area contributed by atoms with Gasteiger partial charge < -0.3 is 10.1 Å². The topological polar surface area (TPSA) is 55.4 Å². The zero-order chi connectivity index (χ0) is 12.0. The molecular formula is C12H13NO3. The van der Waals surface area contributed by atoms with Crippen molar-refractivity contribution in [2.24, 2.45) is 0 Å². The number of esters is 1. The maximum Gasteiger partial charge on any atom is 0.337 e. The molecular weight excluding hydrogens is 206 g/mol. The number of ether oxygens (including phenoxy) is 1. The number of likely N-dealkylation sites (N-methyl/N-ethyl adjacent to an activating group) is 1. The molecule has 0 saturated carbocycles. The number of carbonyl (C=O) groups is 2. The van der Waals surface area contributed by atoms with Crippen LogP contribution in [-0.2, 0) is 9.53 Å². The molecule has 0 atom stereocenters. The highest BCUT2D eigenvalue weighted by atomic mass is 16.5. The molecule has 0 fully saturated rings. The van der Waals surface area contributed by atoms with Crippen molar-refractivity contribution >= 4 is 18.0 Å². The van der Waals surface area contributed by atoms with Crippen molar-refractivity contribution < 1.29 is 14.3 Å². The molecule has 0 aliphatic carbocycles. The quantitative estimate of drug-likeness (QED) is 0.614. The van der Waals surface area contributed by atoms with E-state index in [4.69, 9.17) is 0 Å². The van der Waals surface area contributed by atoms with Crippen LogP contribution in [0.15, 0.2) is 30.3 Å². The summed E-state index contributed by atoms with van der Waals surface area (Å²) >= 11 is 0. The summed E-state index contributed by atoms with van der Waals surface area (Å²) in [5.74, 6) is -0.585. The summed E-state index contributed by atoms with van der Waals surface area (Å²) in [5, 5.41) is 2.47. The van der Waals surface area contributed by atoms with E-state index in [-0.39, 0.29) is 5.91 Å². The van der Waals surface area contributed by atoms with E-state index in [2.05, 4.69) is 10.1 Å². The molecule has 0 aliphatic heterocycles. The number of nitrogens with one attached hydrogen (secondary N) is 1. The number of hydrogen-bond donors (Lipinski definition) is 1. The summed E-state index contributed by atoms with van der Waals surface area (Å²) in [6.07, 6.45) is 3.03. The van der Waals surface area contributed by atoms with Gasteiger partial charge in [-0.15, -0.1) is 0 Å². The van der Waals surface area contributed by atoms with Crippen molar-refractivity contribution in [1.29, 1.82) is 0 Å². The van der Waals surface area contributed by atoms with Crippen LogP contribution in [-0.4, -0.2) is 26.0 Å². The maximum atomic E-state index is 11.2. The Bertz CT molecular complexity index is 424. The Morgan fingerprint density at radius 3 is 2.75 bits per heavy atom. The fraction of sp³-hybridized carbons (Fsp3) is 0.167. The van der Waals surface area contributed by atoms with Gasteiger partial charge in [-0.1, -0.05) is 12.1 Å². The average molecular weight is 219 g/mol. The number of rotatable bonds is 3. The van der Waals surface area contributed by atoms with Crippen molar-refractivity contribution in [1.82, 2.24) is 5.32 Å². The summed E-state index contributed by atoms with van der Waals surface area (Å²) in [5.41, 5.74) is 1.23. The lowest BCUT2D eigenvalue weighted by molar-refractivity contribution is -0.115. The Hall–Kier alpha value is -2.10. The van der Waals surface area contributed by atoms with Gasteiger partial charge in [-0.3, -0.25) is 4.79 Å². The highest BCUT2D eigenvalue weighted by Crippen LogP contribution is 2.08. The highest BCUT2D eigenvalue weighted by Gasteiger charge is 2.04. The molecule has 1 aromatic rings. The normalized spacial score (nSPS) is 10.1. The lowest BCUT2D eigenvalue weighted by Gasteiger charge is -1.99. The van der Waals surface area contributed by atoms with Crippen molar-refractivity contribution in [2.45, 2.75) is 0 Å². The molecule has 0 aromatic heterocycles. The van der Waals surface area contributed by atoms with Crippen LogP contribution in [0, 0.1) is 0 Å². The minimum absolute atomic E-state index is 0.191. The van der Waals surface area contributed by atoms with Gasteiger partial charge in [-0.05, 0) is 23.8 Å². The van der Waals surface area contributed by atoms with Gasteiger partial charge in [0.05, 0.1) is 12.7 Å². The minimum Gasteiger partial charge on any atom is -0.465 e. The molecule has 4 heteroatoms. The van der Waals surface area contributed by atoms with Crippen molar-refractivity contribution in [3.05, 3.63) is 41.5 Å². The predicted molar refractivity (Wildman–Crippen MR) is 60.9 cm³/mol. The second-order valence-electron chi connectivity index (χ2n) is 3.06. The van der Waals surface area contributed by atoms with Crippen LogP contribution in [0.4, 0.5) is 0 Å². The van der Waals surface area contributed by atoms with Gasteiger partial charge in [0.2, 0.25) is 5.91 Å². The zero-order valence-corrected chi connectivity index (χ0v) is 9.19. The molecule has 0 spiro atoms. The smallest absolute Gasteiger partial charge is 0.337 e. The van der Waals surface area contributed by atoms with Gasteiger partial charge in [0.15, 0.2) is 0 Å². The molecule has 1 aromatic carbocycles. The van der Waals surface area contributed by atoms with Crippen LogP contribution in [0.1, 0.15) is 15.9 Å². The number of methoxy groups -OCH3 is 1. The van der Waals surface area contributed by atoms with E-state index in [1.54, 1.807) is 37.4 Å². The fourth-order valence-corrected chi connectivity index (χ4v) is 1.14. The molecule has 0 bridgehead atoms. The summed E-state index contributed by atoms with van der Waals surface area (Å²) in [7, 11) is 2.88. The number of hydrogen-bond acceptors (Lipinski definition) is 3. The van der Waals surface area contributed by atoms with E-state index >= 15 is 0 Å². The van der Waals surface area contributed by atoms with Crippen LogP contribution < -0.4 is 5.32 Å². The van der Waals surface area contributed by atoms with Gasteiger partial charge in [0, 0.05) is 13.1 Å². The van der Waals surface area contributed by atoms with Gasteiger partial charge in [-0.25, -0.2) is 4.79 Å². The van der Waals surface area contributed by atoms with E-state index in [1.807, 2.05) is 0 Å². The van der Waals surface area contributed by atoms with E-state index < -0.39 is 5.97 Å². The molecule has 0 unspecified atom stereocenters. The van der Waals surface area contributed by atoms with E-state index in [0.717, 1.165) is 5.56 Å². The minimum atomic E-state index is -0.393. The van der Waals surface area contributed by atoms with Gasteiger partial charge >= 0.3 is 5.97 Å². The monoisotopic (exact) mass is 219 g/mol. The third kappa shape index (κ3) is 3.24. The lowest BCUT2D eigenvalue weighted by atomic mass is 10.1. The lowest BCUT2D eigenvalue weighted by Crippen LogP contribution is -2.13. The first-order valence-electron chi connectivity index (χ1n) is 4.75. The third-order valence-electron chi connectivity index (χ3n) is 1.98. The van der Waals surface area contributed by atoms with Gasteiger partial charge in [0.25, 0.3) is 0 Å². The Morgan fingerprint density at radius 2 is 2.12 bits per heavy atom. The van der Waals surface area contributed by atoms with Crippen LogP contribution in [0.25, 0.3) is 6.08 Å². The number of amides is 1. The van der Waals surface area contributed by atoms with Crippen LogP contribution in [0.5, 0.6) is 0 Å². The molecule has 1 rings (SSSR count). The van der Waals surface area contributed by atoms with Crippen molar-refractivity contribution in [3.63, 3.8) is 0 Å². The summed E-state index contributed by atoms with van der Waals surface area (Å²) in [6.45, 7) is 0. The van der Waals surface area contributed by atoms with E-state index in [9.17, 15) is 9.59 Å². The Labute approximate surface area is 93.9 Å². The summed E-state index contributed by atoms with van der Waals surface area (Å²) in [6, 6.07) is 6.84. The zero-order valence-electron chi connectivity index (χ0n) is 9.19. The number of benzene rings is 1. The van der Waals surface area contributed by atoms with Crippen molar-refractivity contribution in [3.8, 4) is 0 Å². The largest absolute Gasteiger partial charge is 0.465 e. The molecule has 0 radical (unpaired) electrons.